The van der Waals surface area contributed by atoms with Crippen molar-refractivity contribution in [1.82, 2.24) is 19.7 Å². The first kappa shape index (κ1) is 29.0. The summed E-state index contributed by atoms with van der Waals surface area (Å²) >= 11 is 6.08. The molecular formula is C27H32ClN5O6SSi. The van der Waals surface area contributed by atoms with Crippen LogP contribution in [0.15, 0.2) is 53.3 Å². The summed E-state index contributed by atoms with van der Waals surface area (Å²) in [4.78, 5) is 4.34. The van der Waals surface area contributed by atoms with Gasteiger partial charge < -0.3 is 18.6 Å². The minimum atomic E-state index is -4.06. The second kappa shape index (κ2) is 11.4. The highest BCUT2D eigenvalue weighted by Crippen LogP contribution is 2.40. The van der Waals surface area contributed by atoms with Crippen molar-refractivity contribution < 1.29 is 27.0 Å². The van der Waals surface area contributed by atoms with Gasteiger partial charge in [-0.25, -0.2) is 12.7 Å². The van der Waals surface area contributed by atoms with Crippen molar-refractivity contribution in [2.45, 2.75) is 37.4 Å². The van der Waals surface area contributed by atoms with Gasteiger partial charge in [-0.3, -0.25) is 9.55 Å². The fraction of sp³-hybridized carbons (Fsp3) is 0.370. The zero-order chi connectivity index (χ0) is 29.4. The highest BCUT2D eigenvalue weighted by Gasteiger charge is 2.40. The van der Waals surface area contributed by atoms with Crippen molar-refractivity contribution in [2.75, 3.05) is 31.7 Å². The van der Waals surface area contributed by atoms with Crippen LogP contribution in [0.25, 0.3) is 17.3 Å². The molecule has 3 aromatic heterocycles. The smallest absolute Gasteiger partial charge is 0.246 e. The first-order valence-electron chi connectivity index (χ1n) is 13.0. The Balaban J connectivity index is 1.69. The molecule has 0 bridgehead atoms. The maximum atomic E-state index is 14.5. The molecule has 1 unspecified atom stereocenters. The van der Waals surface area contributed by atoms with Gasteiger partial charge in [0.2, 0.25) is 21.8 Å². The fourth-order valence-corrected chi connectivity index (χ4v) is 7.46. The van der Waals surface area contributed by atoms with Crippen LogP contribution < -0.4 is 18.5 Å². The van der Waals surface area contributed by atoms with Gasteiger partial charge in [0.15, 0.2) is 5.76 Å². The average Bonchev–Trinajstić information content (AvgIpc) is 3.62. The van der Waals surface area contributed by atoms with Crippen LogP contribution in [-0.4, -0.2) is 68.9 Å². The topological polar surface area (TPSA) is 122 Å². The largest absolute Gasteiger partial charge is 0.494 e. The Hall–Kier alpha value is -3.55. The summed E-state index contributed by atoms with van der Waals surface area (Å²) in [6.45, 7) is 6.70. The molecule has 1 atom stereocenters. The number of rotatable bonds is 10. The molecule has 0 N–H and O–H groups in total. The Morgan fingerprint density at radius 1 is 1.12 bits per heavy atom. The minimum absolute atomic E-state index is 0.0576. The molecule has 14 heteroatoms. The highest BCUT2D eigenvalue weighted by atomic mass is 35.5. The van der Waals surface area contributed by atoms with Crippen LogP contribution >= 0.6 is 11.6 Å². The summed E-state index contributed by atoms with van der Waals surface area (Å²) in [6.07, 6.45) is 3.17. The minimum Gasteiger partial charge on any atom is -0.494 e. The molecule has 0 amide bonds. The van der Waals surface area contributed by atoms with Crippen LogP contribution in [0.5, 0.6) is 17.2 Å². The number of pyridine rings is 1. The van der Waals surface area contributed by atoms with E-state index in [9.17, 15) is 8.42 Å². The van der Waals surface area contributed by atoms with Crippen LogP contribution in [0.2, 0.25) is 30.7 Å². The maximum Gasteiger partial charge on any atom is 0.246 e. The molecule has 4 aromatic rings. The number of halogens is 1. The lowest BCUT2D eigenvalue weighted by Crippen LogP contribution is -2.47. The van der Waals surface area contributed by atoms with E-state index >= 15 is 0 Å². The van der Waals surface area contributed by atoms with Crippen LogP contribution in [0.4, 0.5) is 5.95 Å². The average molecular weight is 618 g/mol. The van der Waals surface area contributed by atoms with Gasteiger partial charge in [0, 0.05) is 33.3 Å². The summed E-state index contributed by atoms with van der Waals surface area (Å²) < 4.78 is 54.9. The normalized spacial score (nSPS) is 15.2. The summed E-state index contributed by atoms with van der Waals surface area (Å²) in [5, 5.41) is 8.37. The van der Waals surface area contributed by atoms with E-state index in [0.717, 1.165) is 0 Å². The van der Waals surface area contributed by atoms with E-state index in [4.69, 9.17) is 30.2 Å². The lowest BCUT2D eigenvalue weighted by molar-refractivity contribution is 0.285. The number of anilines is 1. The van der Waals surface area contributed by atoms with Crippen LogP contribution in [-0.2, 0) is 16.4 Å². The Morgan fingerprint density at radius 2 is 1.85 bits per heavy atom. The quantitative estimate of drug-likeness (QED) is 0.224. The monoisotopic (exact) mass is 617 g/mol. The van der Waals surface area contributed by atoms with Crippen molar-refractivity contribution in [2.24, 2.45) is 0 Å². The van der Waals surface area contributed by atoms with Gasteiger partial charge in [-0.1, -0.05) is 37.3 Å². The standard InChI is InChI=1S/C27H32ClN5O6SSi/c1-36-21-8-6-9-22(37-2)25(21)33-26(23-10-7-12-38-23)30-31-27(33)32(11-13-41(3,4)5)40(34,35)19-15-20-24(39-17-19)14-18(28)16-29-20/h6-10,12,14,16,19H,11,13,15,17H2,1-5H3. The van der Waals surface area contributed by atoms with Gasteiger partial charge in [-0.05, 0) is 30.3 Å². The number of ether oxygens (including phenoxy) is 3. The molecule has 4 heterocycles. The van der Waals surface area contributed by atoms with Crippen LogP contribution in [0, 0.1) is 0 Å². The fourth-order valence-electron chi connectivity index (χ4n) is 4.59. The Kier molecular flexibility index (Phi) is 8.03. The lowest BCUT2D eigenvalue weighted by Gasteiger charge is -2.32. The molecule has 1 aromatic carbocycles. The van der Waals surface area contributed by atoms with E-state index in [1.54, 1.807) is 41.0 Å². The summed E-state index contributed by atoms with van der Waals surface area (Å²) in [5.74, 6) is 2.15. The van der Waals surface area contributed by atoms with E-state index in [1.807, 2.05) is 0 Å². The zero-order valence-electron chi connectivity index (χ0n) is 23.5. The third-order valence-corrected chi connectivity index (χ3v) is 10.8. The van der Waals surface area contributed by atoms with Gasteiger partial charge >= 0.3 is 0 Å². The van der Waals surface area contributed by atoms with Crippen molar-refractivity contribution in [1.29, 1.82) is 0 Å². The molecule has 218 valence electrons. The molecule has 0 saturated heterocycles. The summed E-state index contributed by atoms with van der Waals surface area (Å²) in [5.41, 5.74) is 0.974. The molecule has 1 aliphatic rings. The number of hydrogen-bond acceptors (Lipinski definition) is 9. The number of fused-ring (bicyclic) bond motifs is 1. The molecule has 0 spiro atoms. The third kappa shape index (κ3) is 5.79. The number of sulfonamides is 1. The third-order valence-electron chi connectivity index (χ3n) is 6.77. The first-order chi connectivity index (χ1) is 19.5. The van der Waals surface area contributed by atoms with Gasteiger partial charge in [0.05, 0.1) is 31.2 Å². The zero-order valence-corrected chi connectivity index (χ0v) is 26.1. The van der Waals surface area contributed by atoms with Crippen LogP contribution in [0.3, 0.4) is 0 Å². The Labute approximate surface area is 245 Å². The number of benzene rings is 1. The first-order valence-corrected chi connectivity index (χ1v) is 18.6. The SMILES string of the molecule is COc1cccc(OC)c1-n1c(-c2ccco2)nnc1N(CC[Si](C)(C)C)S(=O)(=O)C1COc2cc(Cl)cnc2C1. The van der Waals surface area contributed by atoms with E-state index in [1.165, 1.54) is 31.0 Å². The number of methoxy groups -OCH3 is 2. The lowest BCUT2D eigenvalue weighted by atomic mass is 10.1. The van der Waals surface area contributed by atoms with Crippen molar-refractivity contribution in [3.63, 3.8) is 0 Å². The predicted octanol–water partition coefficient (Wildman–Crippen LogP) is 5.07. The predicted molar refractivity (Wildman–Crippen MR) is 159 cm³/mol. The summed E-state index contributed by atoms with van der Waals surface area (Å²) in [7, 11) is -2.70. The molecule has 41 heavy (non-hydrogen) atoms. The molecular weight excluding hydrogens is 586 g/mol. The summed E-state index contributed by atoms with van der Waals surface area (Å²) in [6, 6.07) is 11.1. The number of furan rings is 1. The number of para-hydroxylation sites is 1. The molecule has 11 nitrogen and oxygen atoms in total. The van der Waals surface area contributed by atoms with Gasteiger partial charge in [-0.15, -0.1) is 10.2 Å². The van der Waals surface area contributed by atoms with Crippen LogP contribution in [0.1, 0.15) is 5.69 Å². The van der Waals surface area contributed by atoms with E-state index in [2.05, 4.69) is 34.8 Å². The second-order valence-corrected chi connectivity index (χ2v) is 19.0. The van der Waals surface area contributed by atoms with Crippen molar-refractivity contribution in [3.8, 4) is 34.5 Å². The van der Waals surface area contributed by atoms with Gasteiger partial charge in [0.25, 0.3) is 0 Å². The van der Waals surface area contributed by atoms with Crippen molar-refractivity contribution >= 4 is 35.6 Å². The van der Waals surface area contributed by atoms with Gasteiger partial charge in [0.1, 0.15) is 34.8 Å². The molecule has 0 aliphatic carbocycles. The van der Waals surface area contributed by atoms with Gasteiger partial charge in [-0.2, -0.15) is 0 Å². The molecule has 0 radical (unpaired) electrons. The Morgan fingerprint density at radius 3 is 2.49 bits per heavy atom. The number of hydrogen-bond donors (Lipinski definition) is 0. The Bertz CT molecular complexity index is 1620. The van der Waals surface area contributed by atoms with E-state index in [0.29, 0.717) is 51.3 Å². The molecule has 5 rings (SSSR count). The number of nitrogens with zero attached hydrogens (tertiary/aromatic N) is 5. The highest BCUT2D eigenvalue weighted by molar-refractivity contribution is 7.93. The van der Waals surface area contributed by atoms with E-state index < -0.39 is 23.3 Å². The van der Waals surface area contributed by atoms with E-state index in [-0.39, 0.29) is 25.5 Å². The molecule has 0 fully saturated rings. The number of aromatic nitrogens is 4. The maximum absolute atomic E-state index is 14.5. The molecule has 0 saturated carbocycles. The molecule has 1 aliphatic heterocycles. The second-order valence-electron chi connectivity index (χ2n) is 10.8. The van der Waals surface area contributed by atoms with Crippen molar-refractivity contribution in [3.05, 3.63) is 59.6 Å².